The first-order valence-corrected chi connectivity index (χ1v) is 7.19. The highest BCUT2D eigenvalue weighted by Gasteiger charge is 2.28. The lowest BCUT2D eigenvalue weighted by molar-refractivity contribution is -0.123. The maximum Gasteiger partial charge on any atom is 0.244 e. The number of ether oxygens (including phenoxy) is 3. The summed E-state index contributed by atoms with van der Waals surface area (Å²) in [6.07, 6.45) is -0.227. The van der Waals surface area contributed by atoms with Gasteiger partial charge in [0.05, 0.1) is 19.3 Å². The lowest BCUT2D eigenvalue weighted by Crippen LogP contribution is -2.53. The van der Waals surface area contributed by atoms with E-state index < -0.39 is 11.9 Å². The summed E-state index contributed by atoms with van der Waals surface area (Å²) in [5.74, 6) is -0.656. The molecule has 2 atom stereocenters. The van der Waals surface area contributed by atoms with Gasteiger partial charge >= 0.3 is 0 Å². The van der Waals surface area contributed by atoms with Crippen molar-refractivity contribution in [3.8, 4) is 5.75 Å². The number of anilines is 1. The molecule has 1 amide bonds. The van der Waals surface area contributed by atoms with Gasteiger partial charge in [-0.1, -0.05) is 0 Å². The number of benzene rings is 1. The maximum absolute atomic E-state index is 13.9. The number of hydrogen-bond donors (Lipinski definition) is 2. The first-order valence-electron chi connectivity index (χ1n) is 7.19. The first-order chi connectivity index (χ1) is 10.6. The maximum atomic E-state index is 13.9. The molecule has 1 aromatic rings. The van der Waals surface area contributed by atoms with Gasteiger partial charge in [0.15, 0.2) is 11.6 Å². The monoisotopic (exact) mass is 312 g/mol. The van der Waals surface area contributed by atoms with E-state index >= 15 is 0 Å². The van der Waals surface area contributed by atoms with E-state index in [9.17, 15) is 9.18 Å². The minimum absolute atomic E-state index is 0.127. The molecule has 1 saturated heterocycles. The van der Waals surface area contributed by atoms with Crippen molar-refractivity contribution >= 4 is 11.6 Å². The van der Waals surface area contributed by atoms with Crippen molar-refractivity contribution < 1.29 is 23.4 Å². The SMILES string of the molecule is COCCOc1ccc(NC(=O)[C@H]2NCCO[C@@H]2C)cc1F. The highest BCUT2D eigenvalue weighted by atomic mass is 19.1. The Hall–Kier alpha value is -1.70. The Labute approximate surface area is 128 Å². The predicted octanol–water partition coefficient (Wildman–Crippen LogP) is 1.17. The molecular formula is C15H21FN2O4. The number of methoxy groups -OCH3 is 1. The smallest absolute Gasteiger partial charge is 0.244 e. The first kappa shape index (κ1) is 16.7. The van der Waals surface area contributed by atoms with E-state index in [1.54, 1.807) is 13.2 Å². The van der Waals surface area contributed by atoms with Crippen LogP contribution in [0.15, 0.2) is 18.2 Å². The quantitative estimate of drug-likeness (QED) is 0.772. The highest BCUT2D eigenvalue weighted by molar-refractivity contribution is 5.95. The van der Waals surface area contributed by atoms with Gasteiger partial charge in [-0.25, -0.2) is 4.39 Å². The van der Waals surface area contributed by atoms with Gasteiger partial charge in [0.2, 0.25) is 5.91 Å². The Morgan fingerprint density at radius 2 is 2.32 bits per heavy atom. The Morgan fingerprint density at radius 3 is 3.00 bits per heavy atom. The van der Waals surface area contributed by atoms with Crippen LogP contribution in [0.1, 0.15) is 6.92 Å². The Kier molecular flexibility index (Phi) is 6.11. The van der Waals surface area contributed by atoms with Crippen LogP contribution in [0.2, 0.25) is 0 Å². The summed E-state index contributed by atoms with van der Waals surface area (Å²) in [5.41, 5.74) is 0.376. The number of halogens is 1. The third kappa shape index (κ3) is 4.40. The van der Waals surface area contributed by atoms with Gasteiger partial charge in [-0.15, -0.1) is 0 Å². The lowest BCUT2D eigenvalue weighted by Gasteiger charge is -2.29. The van der Waals surface area contributed by atoms with Crippen LogP contribution in [-0.2, 0) is 14.3 Å². The van der Waals surface area contributed by atoms with E-state index in [1.807, 2.05) is 6.92 Å². The zero-order valence-electron chi connectivity index (χ0n) is 12.7. The molecule has 1 fully saturated rings. The second kappa shape index (κ2) is 8.07. The molecule has 1 heterocycles. The zero-order valence-corrected chi connectivity index (χ0v) is 12.7. The second-order valence-electron chi connectivity index (χ2n) is 4.98. The van der Waals surface area contributed by atoms with Crippen LogP contribution in [0.3, 0.4) is 0 Å². The number of nitrogens with one attached hydrogen (secondary N) is 2. The van der Waals surface area contributed by atoms with E-state index in [0.717, 1.165) is 0 Å². The number of morpholine rings is 1. The topological polar surface area (TPSA) is 68.8 Å². The standard InChI is InChI=1S/C15H21FN2O4/c1-10-14(17-5-6-21-10)15(19)18-11-3-4-13(12(16)9-11)22-8-7-20-2/h3-4,9-10,14,17H,5-8H2,1-2H3,(H,18,19)/t10-,14+/m1/s1. The van der Waals surface area contributed by atoms with Gasteiger partial charge in [-0.3, -0.25) is 4.79 Å². The predicted molar refractivity (Wildman–Crippen MR) is 79.6 cm³/mol. The van der Waals surface area contributed by atoms with Crippen molar-refractivity contribution in [2.75, 3.05) is 38.8 Å². The summed E-state index contributed by atoms with van der Waals surface area (Å²) < 4.78 is 29.4. The van der Waals surface area contributed by atoms with Crippen molar-refractivity contribution in [1.82, 2.24) is 5.32 Å². The molecule has 1 aromatic carbocycles. The van der Waals surface area contributed by atoms with Crippen molar-refractivity contribution in [3.63, 3.8) is 0 Å². The van der Waals surface area contributed by atoms with Gasteiger partial charge in [0.1, 0.15) is 12.6 Å². The number of carbonyl (C=O) groups is 1. The van der Waals surface area contributed by atoms with Crippen molar-refractivity contribution in [1.29, 1.82) is 0 Å². The van der Waals surface area contributed by atoms with Crippen molar-refractivity contribution in [2.24, 2.45) is 0 Å². The van der Waals surface area contributed by atoms with E-state index in [0.29, 0.717) is 25.4 Å². The molecule has 0 radical (unpaired) electrons. The zero-order chi connectivity index (χ0) is 15.9. The largest absolute Gasteiger partial charge is 0.488 e. The van der Waals surface area contributed by atoms with Crippen LogP contribution in [0.5, 0.6) is 5.75 Å². The van der Waals surface area contributed by atoms with Crippen LogP contribution >= 0.6 is 0 Å². The number of carbonyl (C=O) groups excluding carboxylic acids is 1. The molecule has 0 bridgehead atoms. The van der Waals surface area contributed by atoms with Gasteiger partial charge in [0.25, 0.3) is 0 Å². The fraction of sp³-hybridized carbons (Fsp3) is 0.533. The second-order valence-corrected chi connectivity index (χ2v) is 4.98. The van der Waals surface area contributed by atoms with Crippen molar-refractivity contribution in [3.05, 3.63) is 24.0 Å². The van der Waals surface area contributed by atoms with E-state index in [-0.39, 0.29) is 24.4 Å². The average Bonchev–Trinajstić information content (AvgIpc) is 2.50. The normalized spacial score (nSPS) is 21.4. The van der Waals surface area contributed by atoms with Crippen LogP contribution in [0.4, 0.5) is 10.1 Å². The van der Waals surface area contributed by atoms with Crippen LogP contribution in [0.25, 0.3) is 0 Å². The summed E-state index contributed by atoms with van der Waals surface area (Å²) in [6.45, 7) is 3.66. The molecule has 6 nitrogen and oxygen atoms in total. The van der Waals surface area contributed by atoms with Crippen LogP contribution in [-0.4, -0.2) is 51.5 Å². The Balaban J connectivity index is 1.95. The summed E-state index contributed by atoms with van der Waals surface area (Å²) in [5, 5.41) is 5.76. The molecule has 0 spiro atoms. The summed E-state index contributed by atoms with van der Waals surface area (Å²) >= 11 is 0. The lowest BCUT2D eigenvalue weighted by atomic mass is 10.1. The number of amides is 1. The molecule has 22 heavy (non-hydrogen) atoms. The van der Waals surface area contributed by atoms with E-state index in [4.69, 9.17) is 14.2 Å². The number of rotatable bonds is 6. The Morgan fingerprint density at radius 1 is 1.50 bits per heavy atom. The summed E-state index contributed by atoms with van der Waals surface area (Å²) in [7, 11) is 1.54. The molecular weight excluding hydrogens is 291 g/mol. The molecule has 122 valence electrons. The molecule has 0 aromatic heterocycles. The van der Waals surface area contributed by atoms with Gasteiger partial charge in [-0.05, 0) is 19.1 Å². The number of hydrogen-bond acceptors (Lipinski definition) is 5. The molecule has 0 saturated carbocycles. The Bertz CT molecular complexity index is 512. The minimum Gasteiger partial charge on any atom is -0.488 e. The van der Waals surface area contributed by atoms with Crippen molar-refractivity contribution in [2.45, 2.75) is 19.1 Å². The van der Waals surface area contributed by atoms with Crippen LogP contribution in [0, 0.1) is 5.82 Å². The summed E-state index contributed by atoms with van der Waals surface area (Å²) in [6, 6.07) is 3.86. The molecule has 1 aliphatic rings. The minimum atomic E-state index is -0.533. The van der Waals surface area contributed by atoms with Crippen LogP contribution < -0.4 is 15.4 Å². The average molecular weight is 312 g/mol. The molecule has 2 rings (SSSR count). The molecule has 2 N–H and O–H groups in total. The fourth-order valence-electron chi connectivity index (χ4n) is 2.18. The summed E-state index contributed by atoms with van der Waals surface area (Å²) in [4.78, 5) is 12.2. The third-order valence-corrected chi connectivity index (χ3v) is 3.34. The third-order valence-electron chi connectivity index (χ3n) is 3.34. The van der Waals surface area contributed by atoms with Gasteiger partial charge in [-0.2, -0.15) is 0 Å². The van der Waals surface area contributed by atoms with Gasteiger partial charge in [0, 0.05) is 25.4 Å². The van der Waals surface area contributed by atoms with Gasteiger partial charge < -0.3 is 24.8 Å². The van der Waals surface area contributed by atoms with E-state index in [2.05, 4.69) is 10.6 Å². The van der Waals surface area contributed by atoms with E-state index in [1.165, 1.54) is 12.1 Å². The fourth-order valence-corrected chi connectivity index (χ4v) is 2.18. The molecule has 0 aliphatic carbocycles. The molecule has 1 aliphatic heterocycles. The molecule has 0 unspecified atom stereocenters. The highest BCUT2D eigenvalue weighted by Crippen LogP contribution is 2.21. The molecule has 7 heteroatoms.